The van der Waals surface area contributed by atoms with Crippen molar-refractivity contribution < 1.29 is 14.9 Å². The lowest BCUT2D eigenvalue weighted by molar-refractivity contribution is 0.371. The lowest BCUT2D eigenvalue weighted by atomic mass is 10.1. The highest BCUT2D eigenvalue weighted by molar-refractivity contribution is 14.1. The summed E-state index contributed by atoms with van der Waals surface area (Å²) in [6.07, 6.45) is 0. The smallest absolute Gasteiger partial charge is 0.169 e. The second-order valence-corrected chi connectivity index (χ2v) is 3.70. The fourth-order valence-corrected chi connectivity index (χ4v) is 1.79. The molecule has 0 spiro atoms. The van der Waals surface area contributed by atoms with Crippen molar-refractivity contribution in [3.05, 3.63) is 30.3 Å². The summed E-state index contributed by atoms with van der Waals surface area (Å²) in [6, 6.07) is 8.23. The van der Waals surface area contributed by atoms with Gasteiger partial charge in [-0.25, -0.2) is 0 Å². The quantitative estimate of drug-likeness (QED) is 0.661. The van der Waals surface area contributed by atoms with E-state index in [2.05, 4.69) is 22.6 Å². The van der Waals surface area contributed by atoms with Gasteiger partial charge in [0.25, 0.3) is 0 Å². The maximum absolute atomic E-state index is 9.62. The Morgan fingerprint density at radius 1 is 1.13 bits per heavy atom. The number of hydrogen-bond acceptors (Lipinski definition) is 3. The number of alkyl halides is 1. The SMILES string of the molecule is Oc1ccc2c(OCI)c(O)ccc2c1. The summed E-state index contributed by atoms with van der Waals surface area (Å²) in [5.74, 6) is 0.778. The number of fused-ring (bicyclic) bond motifs is 1. The van der Waals surface area contributed by atoms with Crippen LogP contribution in [0.5, 0.6) is 17.2 Å². The first kappa shape index (κ1) is 10.4. The molecule has 0 aliphatic heterocycles. The summed E-state index contributed by atoms with van der Waals surface area (Å²) in [5, 5.41) is 20.6. The minimum absolute atomic E-state index is 0.116. The Hall–Kier alpha value is -1.17. The molecule has 15 heavy (non-hydrogen) atoms. The van der Waals surface area contributed by atoms with Crippen molar-refractivity contribution >= 4 is 33.4 Å². The van der Waals surface area contributed by atoms with E-state index in [1.165, 1.54) is 0 Å². The number of rotatable bonds is 2. The molecule has 2 aromatic rings. The third-order valence-corrected chi connectivity index (χ3v) is 2.44. The van der Waals surface area contributed by atoms with Crippen LogP contribution in [0.4, 0.5) is 0 Å². The molecular weight excluding hydrogens is 307 g/mol. The molecule has 0 radical (unpaired) electrons. The molecule has 2 N–H and O–H groups in total. The second-order valence-electron chi connectivity index (χ2n) is 3.07. The average Bonchev–Trinajstić information content (AvgIpc) is 2.22. The molecule has 0 aromatic heterocycles. The molecule has 0 atom stereocenters. The van der Waals surface area contributed by atoms with Crippen LogP contribution in [0.2, 0.25) is 0 Å². The number of phenolic OH excluding ortho intramolecular Hbond substituents is 2. The van der Waals surface area contributed by atoms with Gasteiger partial charge in [-0.1, -0.05) is 6.07 Å². The highest BCUT2D eigenvalue weighted by Gasteiger charge is 2.07. The Labute approximate surface area is 100 Å². The zero-order valence-corrected chi connectivity index (χ0v) is 9.93. The zero-order chi connectivity index (χ0) is 10.8. The Morgan fingerprint density at radius 2 is 1.93 bits per heavy atom. The summed E-state index contributed by atoms with van der Waals surface area (Å²) in [7, 11) is 0. The molecule has 0 heterocycles. The molecule has 0 bridgehead atoms. The van der Waals surface area contributed by atoms with Crippen molar-refractivity contribution in [2.24, 2.45) is 0 Å². The Balaban J connectivity index is 2.70. The van der Waals surface area contributed by atoms with E-state index in [0.717, 1.165) is 10.8 Å². The van der Waals surface area contributed by atoms with Crippen LogP contribution in [-0.2, 0) is 0 Å². The molecule has 0 saturated carbocycles. The predicted molar refractivity (Wildman–Crippen MR) is 66.8 cm³/mol. The molecule has 0 aliphatic rings. The third-order valence-electron chi connectivity index (χ3n) is 2.13. The van der Waals surface area contributed by atoms with Crippen molar-refractivity contribution in [1.29, 1.82) is 0 Å². The number of hydrogen-bond donors (Lipinski definition) is 2. The van der Waals surface area contributed by atoms with Crippen LogP contribution in [0.3, 0.4) is 0 Å². The molecule has 0 amide bonds. The van der Waals surface area contributed by atoms with Crippen LogP contribution < -0.4 is 4.74 Å². The number of benzene rings is 2. The van der Waals surface area contributed by atoms with Crippen molar-refractivity contribution in [3.63, 3.8) is 0 Å². The number of ether oxygens (including phenoxy) is 1. The maximum atomic E-state index is 9.62. The molecule has 0 aliphatic carbocycles. The highest BCUT2D eigenvalue weighted by Crippen LogP contribution is 2.36. The average molecular weight is 316 g/mol. The van der Waals surface area contributed by atoms with Crippen LogP contribution in [-0.4, -0.2) is 14.8 Å². The topological polar surface area (TPSA) is 49.7 Å². The molecule has 2 aromatic carbocycles. The normalized spacial score (nSPS) is 10.5. The van der Waals surface area contributed by atoms with E-state index in [-0.39, 0.29) is 11.5 Å². The number of halogens is 1. The second kappa shape index (κ2) is 4.14. The van der Waals surface area contributed by atoms with Gasteiger partial charge in [-0.15, -0.1) is 0 Å². The summed E-state index contributed by atoms with van der Waals surface area (Å²) in [5.41, 5.74) is 0. The van der Waals surface area contributed by atoms with Crippen LogP contribution in [0, 0.1) is 0 Å². The van der Waals surface area contributed by atoms with Crippen molar-refractivity contribution in [2.75, 3.05) is 4.61 Å². The number of aromatic hydroxyl groups is 2. The van der Waals surface area contributed by atoms with Crippen molar-refractivity contribution in [3.8, 4) is 17.2 Å². The summed E-state index contributed by atoms with van der Waals surface area (Å²) in [6.45, 7) is 0. The monoisotopic (exact) mass is 316 g/mol. The molecule has 3 nitrogen and oxygen atoms in total. The summed E-state index contributed by atoms with van der Waals surface area (Å²) < 4.78 is 5.81. The molecule has 0 unspecified atom stereocenters. The van der Waals surface area contributed by atoms with E-state index in [1.807, 2.05) is 0 Å². The van der Waals surface area contributed by atoms with Gasteiger partial charge in [0.05, 0.1) is 0 Å². The van der Waals surface area contributed by atoms with Gasteiger partial charge in [0, 0.05) is 5.39 Å². The maximum Gasteiger partial charge on any atom is 0.169 e. The molecule has 0 saturated heterocycles. The molecule has 4 heteroatoms. The van der Waals surface area contributed by atoms with Gasteiger partial charge in [0.1, 0.15) is 10.4 Å². The standard InChI is InChI=1S/C11H9IO3/c12-6-15-11-9-3-2-8(13)5-7(9)1-4-10(11)14/h1-5,13-14H,6H2. The molecular formula is C11H9IO3. The van der Waals surface area contributed by atoms with Gasteiger partial charge in [0.15, 0.2) is 11.5 Å². The van der Waals surface area contributed by atoms with Gasteiger partial charge in [-0.2, -0.15) is 0 Å². The first-order valence-electron chi connectivity index (χ1n) is 4.36. The molecule has 0 fully saturated rings. The fraction of sp³-hybridized carbons (Fsp3) is 0.0909. The first-order valence-corrected chi connectivity index (χ1v) is 5.88. The van der Waals surface area contributed by atoms with Crippen LogP contribution in [0.25, 0.3) is 10.8 Å². The van der Waals surface area contributed by atoms with E-state index in [4.69, 9.17) is 4.74 Å². The Kier molecular flexibility index (Phi) is 2.86. The lowest BCUT2D eigenvalue weighted by Crippen LogP contribution is -1.90. The first-order chi connectivity index (χ1) is 7.22. The Morgan fingerprint density at radius 3 is 2.67 bits per heavy atom. The van der Waals surface area contributed by atoms with Gasteiger partial charge >= 0.3 is 0 Å². The fourth-order valence-electron chi connectivity index (χ4n) is 1.48. The van der Waals surface area contributed by atoms with Gasteiger partial charge in [-0.3, -0.25) is 0 Å². The van der Waals surface area contributed by atoms with Gasteiger partial charge in [-0.05, 0) is 52.2 Å². The zero-order valence-electron chi connectivity index (χ0n) is 7.77. The Bertz CT molecular complexity index is 496. The summed E-state index contributed by atoms with van der Waals surface area (Å²) in [4.78, 5) is 0. The summed E-state index contributed by atoms with van der Waals surface area (Å²) >= 11 is 2.06. The van der Waals surface area contributed by atoms with Crippen LogP contribution in [0.1, 0.15) is 0 Å². The number of phenols is 2. The third kappa shape index (κ3) is 1.94. The minimum Gasteiger partial charge on any atom is -0.508 e. The van der Waals surface area contributed by atoms with Gasteiger partial charge in [0.2, 0.25) is 0 Å². The van der Waals surface area contributed by atoms with Gasteiger partial charge < -0.3 is 14.9 Å². The predicted octanol–water partition coefficient (Wildman–Crippen LogP) is 3.02. The minimum atomic E-state index is 0.116. The van der Waals surface area contributed by atoms with E-state index >= 15 is 0 Å². The molecule has 78 valence electrons. The van der Waals surface area contributed by atoms with Crippen molar-refractivity contribution in [1.82, 2.24) is 0 Å². The van der Waals surface area contributed by atoms with E-state index in [9.17, 15) is 10.2 Å². The van der Waals surface area contributed by atoms with E-state index in [0.29, 0.717) is 10.4 Å². The highest BCUT2D eigenvalue weighted by atomic mass is 127. The van der Waals surface area contributed by atoms with E-state index in [1.54, 1.807) is 30.3 Å². The lowest BCUT2D eigenvalue weighted by Gasteiger charge is -2.08. The van der Waals surface area contributed by atoms with Crippen LogP contribution >= 0.6 is 22.6 Å². The van der Waals surface area contributed by atoms with Crippen LogP contribution in [0.15, 0.2) is 30.3 Å². The largest absolute Gasteiger partial charge is 0.508 e. The van der Waals surface area contributed by atoms with Crippen molar-refractivity contribution in [2.45, 2.75) is 0 Å². The molecule has 2 rings (SSSR count). The van der Waals surface area contributed by atoms with E-state index < -0.39 is 0 Å².